The van der Waals surface area contributed by atoms with Gasteiger partial charge in [-0.15, -0.1) is 0 Å². The van der Waals surface area contributed by atoms with E-state index in [-0.39, 0.29) is 11.8 Å². The second-order valence-electron chi connectivity index (χ2n) is 3.89. The minimum atomic E-state index is -0.306. The molecule has 0 aliphatic carbocycles. The fourth-order valence-electron chi connectivity index (χ4n) is 1.26. The number of ether oxygens (including phenoxy) is 2. The summed E-state index contributed by atoms with van der Waals surface area (Å²) in [5.74, 6) is 0.387. The standard InChI is InChI=1S/C14H22O4/c1-4-7-14(18-13(3)16)9-11-17-10-6-5-8-12(2)15/h5,8-9H,4,6-7,10-11H2,1-3H3/b8-5+,14-9-. The van der Waals surface area contributed by atoms with Crippen molar-refractivity contribution in [2.24, 2.45) is 0 Å². The van der Waals surface area contributed by atoms with Crippen LogP contribution in [0.15, 0.2) is 24.0 Å². The fourth-order valence-corrected chi connectivity index (χ4v) is 1.26. The van der Waals surface area contributed by atoms with Crippen LogP contribution in [0.2, 0.25) is 0 Å². The van der Waals surface area contributed by atoms with Crippen LogP contribution in [0.5, 0.6) is 0 Å². The first kappa shape index (κ1) is 16.6. The first-order chi connectivity index (χ1) is 8.56. The number of carbonyl (C=O) groups excluding carboxylic acids is 2. The first-order valence-electron chi connectivity index (χ1n) is 6.18. The lowest BCUT2D eigenvalue weighted by atomic mass is 10.3. The van der Waals surface area contributed by atoms with E-state index >= 15 is 0 Å². The monoisotopic (exact) mass is 254 g/mol. The van der Waals surface area contributed by atoms with Crippen LogP contribution >= 0.6 is 0 Å². The highest BCUT2D eigenvalue weighted by molar-refractivity contribution is 5.87. The number of hydrogen-bond acceptors (Lipinski definition) is 4. The van der Waals surface area contributed by atoms with Crippen LogP contribution in [0.3, 0.4) is 0 Å². The Morgan fingerprint density at radius 2 is 1.94 bits per heavy atom. The maximum absolute atomic E-state index is 10.8. The summed E-state index contributed by atoms with van der Waals surface area (Å²) in [5.41, 5.74) is 0. The predicted molar refractivity (Wildman–Crippen MR) is 70.0 cm³/mol. The largest absolute Gasteiger partial charge is 0.432 e. The lowest BCUT2D eigenvalue weighted by molar-refractivity contribution is -0.137. The third-order valence-corrected chi connectivity index (χ3v) is 1.98. The lowest BCUT2D eigenvalue weighted by Crippen LogP contribution is -2.01. The van der Waals surface area contributed by atoms with Gasteiger partial charge in [-0.2, -0.15) is 0 Å². The van der Waals surface area contributed by atoms with Gasteiger partial charge in [-0.25, -0.2) is 0 Å². The minimum absolute atomic E-state index is 0.0370. The van der Waals surface area contributed by atoms with Crippen molar-refractivity contribution in [3.63, 3.8) is 0 Å². The Hall–Kier alpha value is -1.42. The van der Waals surface area contributed by atoms with Crippen molar-refractivity contribution in [2.45, 2.75) is 40.0 Å². The summed E-state index contributed by atoms with van der Waals surface area (Å²) in [6, 6.07) is 0. The number of rotatable bonds is 9. The molecule has 0 aromatic carbocycles. The molecular formula is C14H22O4. The van der Waals surface area contributed by atoms with Gasteiger partial charge in [0.2, 0.25) is 0 Å². The number of carbonyl (C=O) groups is 2. The molecule has 0 unspecified atom stereocenters. The van der Waals surface area contributed by atoms with E-state index < -0.39 is 0 Å². The Bertz CT molecular complexity index is 316. The summed E-state index contributed by atoms with van der Waals surface area (Å²) < 4.78 is 10.4. The van der Waals surface area contributed by atoms with Crippen LogP contribution in [-0.2, 0) is 19.1 Å². The lowest BCUT2D eigenvalue weighted by Gasteiger charge is -2.05. The number of hydrogen-bond donors (Lipinski definition) is 0. The second kappa shape index (κ2) is 10.7. The third kappa shape index (κ3) is 11.1. The molecule has 0 aromatic heterocycles. The zero-order valence-electron chi connectivity index (χ0n) is 11.4. The normalized spacial score (nSPS) is 11.8. The Labute approximate surface area is 109 Å². The van der Waals surface area contributed by atoms with Gasteiger partial charge in [0.1, 0.15) is 5.76 Å². The van der Waals surface area contributed by atoms with Gasteiger partial charge >= 0.3 is 5.97 Å². The topological polar surface area (TPSA) is 52.6 Å². The van der Waals surface area contributed by atoms with E-state index in [1.807, 2.05) is 6.92 Å². The van der Waals surface area contributed by atoms with Gasteiger partial charge in [0.25, 0.3) is 0 Å². The highest BCUT2D eigenvalue weighted by Gasteiger charge is 2.00. The molecule has 0 amide bonds. The third-order valence-electron chi connectivity index (χ3n) is 1.98. The molecule has 102 valence electrons. The molecule has 0 rings (SSSR count). The summed E-state index contributed by atoms with van der Waals surface area (Å²) in [6.07, 6.45) is 7.43. The average molecular weight is 254 g/mol. The molecule has 0 radical (unpaired) electrons. The van der Waals surface area contributed by atoms with Crippen molar-refractivity contribution in [2.75, 3.05) is 13.2 Å². The van der Waals surface area contributed by atoms with E-state index in [0.29, 0.717) is 25.4 Å². The molecule has 0 saturated carbocycles. The van der Waals surface area contributed by atoms with E-state index in [4.69, 9.17) is 9.47 Å². The van der Waals surface area contributed by atoms with Gasteiger partial charge < -0.3 is 9.47 Å². The molecular weight excluding hydrogens is 232 g/mol. The van der Waals surface area contributed by atoms with Crippen molar-refractivity contribution < 1.29 is 19.1 Å². The van der Waals surface area contributed by atoms with Crippen LogP contribution in [0.1, 0.15) is 40.0 Å². The van der Waals surface area contributed by atoms with Crippen LogP contribution < -0.4 is 0 Å². The van der Waals surface area contributed by atoms with Gasteiger partial charge in [0.15, 0.2) is 5.78 Å². The quantitative estimate of drug-likeness (QED) is 0.275. The van der Waals surface area contributed by atoms with Crippen molar-refractivity contribution >= 4 is 11.8 Å². The smallest absolute Gasteiger partial charge is 0.307 e. The molecule has 0 aromatic rings. The molecule has 0 spiro atoms. The Morgan fingerprint density at radius 3 is 2.50 bits per heavy atom. The molecule has 0 heterocycles. The maximum atomic E-state index is 10.8. The molecule has 4 nitrogen and oxygen atoms in total. The van der Waals surface area contributed by atoms with E-state index in [9.17, 15) is 9.59 Å². The molecule has 0 aliphatic heterocycles. The molecule has 0 fully saturated rings. The molecule has 4 heteroatoms. The highest BCUT2D eigenvalue weighted by atomic mass is 16.5. The molecule has 0 bridgehead atoms. The Kier molecular flexibility index (Phi) is 9.87. The Morgan fingerprint density at radius 1 is 1.22 bits per heavy atom. The summed E-state index contributed by atoms with van der Waals surface area (Å²) in [6.45, 7) is 5.87. The summed E-state index contributed by atoms with van der Waals surface area (Å²) in [5, 5.41) is 0. The zero-order chi connectivity index (χ0) is 13.8. The maximum Gasteiger partial charge on any atom is 0.307 e. The molecule has 18 heavy (non-hydrogen) atoms. The number of allylic oxidation sites excluding steroid dienone is 2. The van der Waals surface area contributed by atoms with Crippen molar-refractivity contribution in [3.05, 3.63) is 24.0 Å². The SMILES string of the molecule is CCC/C(=C/COCC/C=C/C(C)=O)OC(C)=O. The van der Waals surface area contributed by atoms with E-state index in [2.05, 4.69) is 0 Å². The number of ketones is 1. The predicted octanol–water partition coefficient (Wildman–Crippen LogP) is 2.79. The summed E-state index contributed by atoms with van der Waals surface area (Å²) >= 11 is 0. The van der Waals surface area contributed by atoms with Crippen LogP contribution in [0.4, 0.5) is 0 Å². The van der Waals surface area contributed by atoms with Gasteiger partial charge in [-0.3, -0.25) is 9.59 Å². The van der Waals surface area contributed by atoms with E-state index in [0.717, 1.165) is 12.8 Å². The fraction of sp³-hybridized carbons (Fsp3) is 0.571. The molecule has 0 saturated heterocycles. The van der Waals surface area contributed by atoms with Crippen molar-refractivity contribution in [1.29, 1.82) is 0 Å². The van der Waals surface area contributed by atoms with E-state index in [1.54, 1.807) is 12.2 Å². The van der Waals surface area contributed by atoms with Gasteiger partial charge in [-0.1, -0.05) is 13.0 Å². The highest BCUT2D eigenvalue weighted by Crippen LogP contribution is 2.06. The van der Waals surface area contributed by atoms with E-state index in [1.165, 1.54) is 19.9 Å². The van der Waals surface area contributed by atoms with Crippen molar-refractivity contribution in [1.82, 2.24) is 0 Å². The first-order valence-corrected chi connectivity index (χ1v) is 6.18. The van der Waals surface area contributed by atoms with Gasteiger partial charge in [0.05, 0.1) is 13.2 Å². The second-order valence-corrected chi connectivity index (χ2v) is 3.89. The molecule has 0 aliphatic rings. The van der Waals surface area contributed by atoms with Gasteiger partial charge in [-0.05, 0) is 31.9 Å². The van der Waals surface area contributed by atoms with Crippen LogP contribution in [0.25, 0.3) is 0 Å². The minimum Gasteiger partial charge on any atom is -0.432 e. The molecule has 0 N–H and O–H groups in total. The molecule has 0 atom stereocenters. The summed E-state index contributed by atoms with van der Waals surface area (Å²) in [4.78, 5) is 21.4. The Balaban J connectivity index is 3.81. The zero-order valence-corrected chi connectivity index (χ0v) is 11.4. The van der Waals surface area contributed by atoms with Crippen LogP contribution in [-0.4, -0.2) is 25.0 Å². The average Bonchev–Trinajstić information content (AvgIpc) is 2.26. The van der Waals surface area contributed by atoms with Crippen LogP contribution in [0, 0.1) is 0 Å². The summed E-state index contributed by atoms with van der Waals surface area (Å²) in [7, 11) is 0. The number of esters is 1. The van der Waals surface area contributed by atoms with Crippen molar-refractivity contribution in [3.8, 4) is 0 Å². The van der Waals surface area contributed by atoms with Gasteiger partial charge in [0, 0.05) is 13.3 Å².